The van der Waals surface area contributed by atoms with Crippen LogP contribution in [-0.4, -0.2) is 55.0 Å². The van der Waals surface area contributed by atoms with Crippen molar-refractivity contribution in [2.24, 2.45) is 11.7 Å². The lowest BCUT2D eigenvalue weighted by Crippen LogP contribution is -2.43. The van der Waals surface area contributed by atoms with Crippen LogP contribution in [0.15, 0.2) is 0 Å². The fourth-order valence-electron chi connectivity index (χ4n) is 1.66. The molecule has 0 spiro atoms. The number of hydrogen-bond donors (Lipinski definition) is 1. The molecule has 0 bridgehead atoms. The minimum absolute atomic E-state index is 0.192. The quantitative estimate of drug-likeness (QED) is 0.696. The second-order valence-corrected chi connectivity index (χ2v) is 5.37. The Hall–Kier alpha value is -0.610. The van der Waals surface area contributed by atoms with Crippen molar-refractivity contribution in [1.29, 1.82) is 0 Å². The number of hydrogen-bond acceptors (Lipinski definition) is 3. The molecule has 0 radical (unpaired) electrons. The van der Waals surface area contributed by atoms with Crippen molar-refractivity contribution in [1.82, 2.24) is 9.80 Å². The fraction of sp³-hybridized carbons (Fsp3) is 0.923. The van der Waals surface area contributed by atoms with Gasteiger partial charge < -0.3 is 10.6 Å². The van der Waals surface area contributed by atoms with Crippen molar-refractivity contribution < 1.29 is 4.79 Å². The van der Waals surface area contributed by atoms with Crippen LogP contribution < -0.4 is 5.73 Å². The highest BCUT2D eigenvalue weighted by molar-refractivity contribution is 5.78. The molecule has 0 saturated carbocycles. The Morgan fingerprint density at radius 2 is 1.82 bits per heavy atom. The molecule has 0 unspecified atom stereocenters. The van der Waals surface area contributed by atoms with Crippen molar-refractivity contribution in [2.45, 2.75) is 40.2 Å². The lowest BCUT2D eigenvalue weighted by molar-refractivity contribution is -0.132. The van der Waals surface area contributed by atoms with Gasteiger partial charge in [-0.05, 0) is 39.3 Å². The summed E-state index contributed by atoms with van der Waals surface area (Å²) in [5, 5.41) is 0. The largest absolute Gasteiger partial charge is 0.342 e. The van der Waals surface area contributed by atoms with Gasteiger partial charge in [0.15, 0.2) is 0 Å². The van der Waals surface area contributed by atoms with E-state index in [9.17, 15) is 4.79 Å². The summed E-state index contributed by atoms with van der Waals surface area (Å²) in [6, 6.07) is 0.262. The first-order valence-electron chi connectivity index (χ1n) is 6.56. The van der Waals surface area contributed by atoms with E-state index in [0.29, 0.717) is 19.0 Å². The van der Waals surface area contributed by atoms with E-state index < -0.39 is 0 Å². The van der Waals surface area contributed by atoms with E-state index in [1.54, 1.807) is 4.90 Å². The Balaban J connectivity index is 4.25. The van der Waals surface area contributed by atoms with Gasteiger partial charge in [-0.1, -0.05) is 13.8 Å². The Bertz CT molecular complexity index is 217. The molecule has 0 fully saturated rings. The van der Waals surface area contributed by atoms with Gasteiger partial charge in [-0.3, -0.25) is 9.69 Å². The Kier molecular flexibility index (Phi) is 8.17. The minimum Gasteiger partial charge on any atom is -0.342 e. The summed E-state index contributed by atoms with van der Waals surface area (Å²) in [5.41, 5.74) is 5.52. The van der Waals surface area contributed by atoms with Gasteiger partial charge in [-0.15, -0.1) is 0 Å². The predicted octanol–water partition coefficient (Wildman–Crippen LogP) is 1.16. The van der Waals surface area contributed by atoms with Crippen LogP contribution in [0.4, 0.5) is 0 Å². The van der Waals surface area contributed by atoms with E-state index >= 15 is 0 Å². The molecule has 102 valence electrons. The highest BCUT2D eigenvalue weighted by Gasteiger charge is 2.16. The van der Waals surface area contributed by atoms with Crippen LogP contribution in [0.3, 0.4) is 0 Å². The zero-order chi connectivity index (χ0) is 13.4. The Labute approximate surface area is 106 Å². The highest BCUT2D eigenvalue weighted by atomic mass is 16.2. The van der Waals surface area contributed by atoms with Crippen molar-refractivity contribution in [3.8, 4) is 0 Å². The van der Waals surface area contributed by atoms with E-state index in [2.05, 4.69) is 18.7 Å². The smallest absolute Gasteiger partial charge is 0.236 e. The molecule has 17 heavy (non-hydrogen) atoms. The number of likely N-dealkylation sites (N-methyl/N-ethyl adjacent to an activating group) is 1. The second-order valence-electron chi connectivity index (χ2n) is 5.37. The third kappa shape index (κ3) is 7.34. The monoisotopic (exact) mass is 243 g/mol. The molecule has 0 aromatic rings. The third-order valence-corrected chi connectivity index (χ3v) is 2.83. The van der Waals surface area contributed by atoms with Crippen LogP contribution in [-0.2, 0) is 4.79 Å². The standard InChI is InChI=1S/C13H29N3O/c1-11(2)9-16(8-6-7-14)10-13(17)15(5)12(3)4/h11-12H,6-10,14H2,1-5H3. The van der Waals surface area contributed by atoms with Gasteiger partial charge in [0, 0.05) is 19.6 Å². The number of carbonyl (C=O) groups excluding carboxylic acids is 1. The summed E-state index contributed by atoms with van der Waals surface area (Å²) >= 11 is 0. The maximum atomic E-state index is 12.0. The Morgan fingerprint density at radius 3 is 2.24 bits per heavy atom. The predicted molar refractivity (Wildman–Crippen MR) is 72.9 cm³/mol. The first-order valence-corrected chi connectivity index (χ1v) is 6.56. The zero-order valence-electron chi connectivity index (χ0n) is 12.1. The molecule has 4 nitrogen and oxygen atoms in total. The molecular formula is C13H29N3O. The summed E-state index contributed by atoms with van der Waals surface area (Å²) in [7, 11) is 1.86. The second kappa shape index (κ2) is 8.48. The molecule has 0 aliphatic rings. The summed E-state index contributed by atoms with van der Waals surface area (Å²) in [6.07, 6.45) is 0.950. The maximum Gasteiger partial charge on any atom is 0.236 e. The average Bonchev–Trinajstić information content (AvgIpc) is 2.23. The summed E-state index contributed by atoms with van der Waals surface area (Å²) in [5.74, 6) is 0.766. The molecule has 0 aromatic heterocycles. The summed E-state index contributed by atoms with van der Waals surface area (Å²) in [4.78, 5) is 16.0. The number of nitrogens with two attached hydrogens (primary N) is 1. The molecule has 0 aliphatic heterocycles. The normalized spacial score (nSPS) is 11.6. The summed E-state index contributed by atoms with van der Waals surface area (Å²) < 4.78 is 0. The zero-order valence-corrected chi connectivity index (χ0v) is 12.1. The van der Waals surface area contributed by atoms with Crippen molar-refractivity contribution >= 4 is 5.91 Å². The molecule has 0 atom stereocenters. The number of carbonyl (C=O) groups is 1. The van der Waals surface area contributed by atoms with Gasteiger partial charge in [0.2, 0.25) is 5.91 Å². The van der Waals surface area contributed by atoms with Gasteiger partial charge in [-0.25, -0.2) is 0 Å². The van der Waals surface area contributed by atoms with Crippen LogP contribution in [0.2, 0.25) is 0 Å². The number of amides is 1. The maximum absolute atomic E-state index is 12.0. The SMILES string of the molecule is CC(C)CN(CCCN)CC(=O)N(C)C(C)C. The van der Waals surface area contributed by atoms with Crippen LogP contribution in [0.1, 0.15) is 34.1 Å². The van der Waals surface area contributed by atoms with Gasteiger partial charge in [0.25, 0.3) is 0 Å². The van der Waals surface area contributed by atoms with E-state index in [1.165, 1.54) is 0 Å². The first kappa shape index (κ1) is 16.4. The molecule has 1 amide bonds. The van der Waals surface area contributed by atoms with Crippen molar-refractivity contribution in [3.63, 3.8) is 0 Å². The van der Waals surface area contributed by atoms with E-state index in [4.69, 9.17) is 5.73 Å². The van der Waals surface area contributed by atoms with Crippen LogP contribution in [0.25, 0.3) is 0 Å². The lowest BCUT2D eigenvalue weighted by atomic mass is 10.2. The van der Waals surface area contributed by atoms with E-state index in [0.717, 1.165) is 19.5 Å². The topological polar surface area (TPSA) is 49.6 Å². The lowest BCUT2D eigenvalue weighted by Gasteiger charge is -2.28. The molecular weight excluding hydrogens is 214 g/mol. The molecule has 0 aliphatic carbocycles. The van der Waals surface area contributed by atoms with Crippen molar-refractivity contribution in [3.05, 3.63) is 0 Å². The Morgan fingerprint density at radius 1 is 1.24 bits per heavy atom. The molecule has 0 aromatic carbocycles. The van der Waals surface area contributed by atoms with Gasteiger partial charge in [-0.2, -0.15) is 0 Å². The fourth-order valence-corrected chi connectivity index (χ4v) is 1.66. The molecule has 2 N–H and O–H groups in total. The van der Waals surface area contributed by atoms with Gasteiger partial charge >= 0.3 is 0 Å². The molecule has 4 heteroatoms. The number of rotatable bonds is 8. The highest BCUT2D eigenvalue weighted by Crippen LogP contribution is 2.02. The molecule has 0 heterocycles. The van der Waals surface area contributed by atoms with Crippen molar-refractivity contribution in [2.75, 3.05) is 33.2 Å². The molecule has 0 rings (SSSR count). The molecule has 0 saturated heterocycles. The van der Waals surface area contributed by atoms with E-state index in [-0.39, 0.29) is 11.9 Å². The van der Waals surface area contributed by atoms with Gasteiger partial charge in [0.1, 0.15) is 0 Å². The van der Waals surface area contributed by atoms with Crippen LogP contribution in [0, 0.1) is 5.92 Å². The van der Waals surface area contributed by atoms with E-state index in [1.807, 2.05) is 20.9 Å². The average molecular weight is 243 g/mol. The van der Waals surface area contributed by atoms with Crippen LogP contribution >= 0.6 is 0 Å². The van der Waals surface area contributed by atoms with Crippen LogP contribution in [0.5, 0.6) is 0 Å². The van der Waals surface area contributed by atoms with Gasteiger partial charge in [0.05, 0.1) is 6.54 Å². The first-order chi connectivity index (χ1) is 7.88. The number of nitrogens with zero attached hydrogens (tertiary/aromatic N) is 2. The third-order valence-electron chi connectivity index (χ3n) is 2.83. The summed E-state index contributed by atoms with van der Waals surface area (Å²) in [6.45, 7) is 11.5. The minimum atomic E-state index is 0.192.